The first kappa shape index (κ1) is 17.4. The van der Waals surface area contributed by atoms with Gasteiger partial charge in [-0.05, 0) is 44.1 Å². The highest BCUT2D eigenvalue weighted by atomic mass is 16.3. The summed E-state index contributed by atoms with van der Waals surface area (Å²) >= 11 is 0. The van der Waals surface area contributed by atoms with E-state index in [4.69, 9.17) is 0 Å². The molecule has 1 aromatic carbocycles. The predicted molar refractivity (Wildman–Crippen MR) is 103 cm³/mol. The normalized spacial score (nSPS) is 15.7. The number of hydrogen-bond donors (Lipinski definition) is 2. The van der Waals surface area contributed by atoms with Gasteiger partial charge in [0.15, 0.2) is 5.82 Å². The molecular formula is C21H22N4O2. The number of para-hydroxylation sites is 1. The number of nitrogens with zero attached hydrogens (tertiary/aromatic N) is 3. The van der Waals surface area contributed by atoms with Crippen LogP contribution in [-0.2, 0) is 6.54 Å². The topological polar surface area (TPSA) is 82.1 Å². The quantitative estimate of drug-likeness (QED) is 0.746. The lowest BCUT2D eigenvalue weighted by molar-refractivity contribution is 0.201. The molecule has 0 saturated carbocycles. The van der Waals surface area contributed by atoms with E-state index in [1.807, 2.05) is 36.4 Å². The molecule has 0 unspecified atom stereocenters. The first-order valence-corrected chi connectivity index (χ1v) is 9.21. The largest absolute Gasteiger partial charge is 0.508 e. The van der Waals surface area contributed by atoms with Crippen molar-refractivity contribution in [1.82, 2.24) is 19.9 Å². The van der Waals surface area contributed by atoms with Crippen LogP contribution in [0.3, 0.4) is 0 Å². The van der Waals surface area contributed by atoms with Gasteiger partial charge < -0.3 is 10.1 Å². The number of hydrogen-bond acceptors (Lipinski definition) is 5. The molecule has 1 aliphatic heterocycles. The Morgan fingerprint density at radius 2 is 1.89 bits per heavy atom. The summed E-state index contributed by atoms with van der Waals surface area (Å²) in [4.78, 5) is 26.2. The number of aromatic hydroxyl groups is 1. The zero-order chi connectivity index (χ0) is 18.6. The van der Waals surface area contributed by atoms with Gasteiger partial charge in [0.25, 0.3) is 5.56 Å². The molecule has 1 fully saturated rings. The Morgan fingerprint density at radius 3 is 2.63 bits per heavy atom. The summed E-state index contributed by atoms with van der Waals surface area (Å²) in [6.07, 6.45) is 3.57. The highest BCUT2D eigenvalue weighted by Crippen LogP contribution is 2.28. The fourth-order valence-electron chi connectivity index (χ4n) is 3.58. The van der Waals surface area contributed by atoms with Gasteiger partial charge in [-0.3, -0.25) is 14.7 Å². The number of aromatic nitrogens is 3. The molecule has 3 heterocycles. The van der Waals surface area contributed by atoms with Crippen LogP contribution in [-0.4, -0.2) is 38.0 Å². The average molecular weight is 362 g/mol. The summed E-state index contributed by atoms with van der Waals surface area (Å²) in [5.41, 5.74) is 2.31. The summed E-state index contributed by atoms with van der Waals surface area (Å²) in [5.74, 6) is 1.13. The zero-order valence-corrected chi connectivity index (χ0v) is 15.0. The highest BCUT2D eigenvalue weighted by molar-refractivity contribution is 5.48. The van der Waals surface area contributed by atoms with Crippen molar-refractivity contribution in [3.05, 3.63) is 76.3 Å². The molecular weight excluding hydrogens is 340 g/mol. The maximum absolute atomic E-state index is 12.1. The van der Waals surface area contributed by atoms with Crippen LogP contribution in [0.4, 0.5) is 0 Å². The van der Waals surface area contributed by atoms with E-state index in [0.717, 1.165) is 43.7 Å². The van der Waals surface area contributed by atoms with Crippen LogP contribution >= 0.6 is 0 Å². The second-order valence-corrected chi connectivity index (χ2v) is 6.91. The van der Waals surface area contributed by atoms with Crippen LogP contribution in [0.25, 0.3) is 11.5 Å². The highest BCUT2D eigenvalue weighted by Gasteiger charge is 2.23. The van der Waals surface area contributed by atoms with E-state index >= 15 is 0 Å². The van der Waals surface area contributed by atoms with Crippen LogP contribution in [0, 0.1) is 0 Å². The number of benzene rings is 1. The molecule has 6 heteroatoms. The Bertz CT molecular complexity index is 963. The van der Waals surface area contributed by atoms with Crippen LogP contribution in [0.5, 0.6) is 5.75 Å². The second-order valence-electron chi connectivity index (χ2n) is 6.91. The maximum atomic E-state index is 12.1. The van der Waals surface area contributed by atoms with Gasteiger partial charge in [-0.15, -0.1) is 0 Å². The molecule has 27 heavy (non-hydrogen) atoms. The van der Waals surface area contributed by atoms with Crippen LogP contribution in [0.2, 0.25) is 0 Å². The molecule has 0 radical (unpaired) electrons. The molecule has 1 saturated heterocycles. The number of likely N-dealkylation sites (tertiary alicyclic amines) is 1. The molecule has 0 bridgehead atoms. The summed E-state index contributed by atoms with van der Waals surface area (Å²) in [6.45, 7) is 2.56. The third-order valence-electron chi connectivity index (χ3n) is 5.06. The zero-order valence-electron chi connectivity index (χ0n) is 15.0. The molecule has 138 valence electrons. The first-order chi connectivity index (χ1) is 13.2. The van der Waals surface area contributed by atoms with E-state index < -0.39 is 0 Å². The van der Waals surface area contributed by atoms with E-state index in [2.05, 4.69) is 19.9 Å². The average Bonchev–Trinajstić information content (AvgIpc) is 2.70. The number of phenolic OH excluding ortho intramolecular Hbond substituents is 1. The first-order valence-electron chi connectivity index (χ1n) is 9.21. The fourth-order valence-corrected chi connectivity index (χ4v) is 3.58. The van der Waals surface area contributed by atoms with Crippen molar-refractivity contribution < 1.29 is 5.11 Å². The monoisotopic (exact) mass is 362 g/mol. The maximum Gasteiger partial charge on any atom is 0.251 e. The summed E-state index contributed by atoms with van der Waals surface area (Å²) in [5, 5.41) is 9.96. The lowest BCUT2D eigenvalue weighted by atomic mass is 9.93. The molecule has 6 nitrogen and oxygen atoms in total. The molecule has 0 aliphatic carbocycles. The Balaban J connectivity index is 1.46. The molecule has 2 N–H and O–H groups in total. The van der Waals surface area contributed by atoms with Gasteiger partial charge in [0.1, 0.15) is 11.4 Å². The van der Waals surface area contributed by atoms with Crippen molar-refractivity contribution in [2.75, 3.05) is 13.1 Å². The molecule has 2 aromatic heterocycles. The van der Waals surface area contributed by atoms with Gasteiger partial charge in [0, 0.05) is 30.3 Å². The third kappa shape index (κ3) is 4.06. The van der Waals surface area contributed by atoms with Crippen molar-refractivity contribution in [2.24, 2.45) is 0 Å². The van der Waals surface area contributed by atoms with Crippen molar-refractivity contribution in [3.63, 3.8) is 0 Å². The molecule has 3 aromatic rings. The molecule has 0 amide bonds. The summed E-state index contributed by atoms with van der Waals surface area (Å²) in [7, 11) is 0. The number of aromatic amines is 1. The van der Waals surface area contributed by atoms with E-state index in [1.165, 1.54) is 0 Å². The van der Waals surface area contributed by atoms with Gasteiger partial charge in [0.2, 0.25) is 0 Å². The Labute approximate surface area is 157 Å². The minimum absolute atomic E-state index is 0.141. The number of rotatable bonds is 4. The molecule has 4 rings (SSSR count). The summed E-state index contributed by atoms with van der Waals surface area (Å²) in [6, 6.07) is 14.6. The SMILES string of the molecule is O=c1cc(C2CCN(Cc3ccccc3O)CC2)nc(-c2ccccn2)[nH]1. The smallest absolute Gasteiger partial charge is 0.251 e. The third-order valence-corrected chi connectivity index (χ3v) is 5.06. The minimum Gasteiger partial charge on any atom is -0.508 e. The van der Waals surface area contributed by atoms with Crippen LogP contribution in [0.15, 0.2) is 59.5 Å². The van der Waals surface area contributed by atoms with Crippen LogP contribution in [0.1, 0.15) is 30.0 Å². The van der Waals surface area contributed by atoms with Gasteiger partial charge >= 0.3 is 0 Å². The van der Waals surface area contributed by atoms with Gasteiger partial charge in [0.05, 0.1) is 5.69 Å². The van der Waals surface area contributed by atoms with E-state index in [1.54, 1.807) is 18.3 Å². The van der Waals surface area contributed by atoms with Crippen LogP contribution < -0.4 is 5.56 Å². The van der Waals surface area contributed by atoms with Crippen molar-refractivity contribution in [2.45, 2.75) is 25.3 Å². The predicted octanol–water partition coefficient (Wildman–Crippen LogP) is 2.92. The standard InChI is InChI=1S/C21H22N4O2/c26-19-7-2-1-5-16(19)14-25-11-8-15(9-12-25)18-13-20(27)24-21(23-18)17-6-3-4-10-22-17/h1-7,10,13,15,26H,8-9,11-12,14H2,(H,23,24,27). The molecule has 1 aliphatic rings. The van der Waals surface area contributed by atoms with Crippen molar-refractivity contribution >= 4 is 0 Å². The lowest BCUT2D eigenvalue weighted by Gasteiger charge is -2.31. The number of pyridine rings is 1. The number of piperidine rings is 1. The van der Waals surface area contributed by atoms with Gasteiger partial charge in [-0.2, -0.15) is 0 Å². The number of phenols is 1. The van der Waals surface area contributed by atoms with E-state index in [0.29, 0.717) is 17.3 Å². The molecule has 0 spiro atoms. The van der Waals surface area contributed by atoms with Gasteiger partial charge in [-0.1, -0.05) is 24.3 Å². The van der Waals surface area contributed by atoms with E-state index in [9.17, 15) is 9.90 Å². The number of nitrogens with one attached hydrogen (secondary N) is 1. The van der Waals surface area contributed by atoms with Crippen molar-refractivity contribution in [3.8, 4) is 17.3 Å². The lowest BCUT2D eigenvalue weighted by Crippen LogP contribution is -2.33. The summed E-state index contributed by atoms with van der Waals surface area (Å²) < 4.78 is 0. The second kappa shape index (κ2) is 7.72. The minimum atomic E-state index is -0.141. The fraction of sp³-hybridized carbons (Fsp3) is 0.286. The Hall–Kier alpha value is -2.99. The molecule has 0 atom stereocenters. The van der Waals surface area contributed by atoms with Gasteiger partial charge in [-0.25, -0.2) is 4.98 Å². The van der Waals surface area contributed by atoms with Crippen molar-refractivity contribution in [1.29, 1.82) is 0 Å². The van der Waals surface area contributed by atoms with E-state index in [-0.39, 0.29) is 11.5 Å². The Kier molecular flexibility index (Phi) is 4.98. The number of H-pyrrole nitrogens is 1. The Morgan fingerprint density at radius 1 is 1.11 bits per heavy atom.